The second-order valence-electron chi connectivity index (χ2n) is 16.9. The molecule has 3 N–H and O–H groups in total. The van der Waals surface area contributed by atoms with Gasteiger partial charge in [0.25, 0.3) is 0 Å². The Morgan fingerprint density at radius 3 is 2.11 bits per heavy atom. The third kappa shape index (κ3) is 4.46. The second-order valence-corrected chi connectivity index (χ2v) is 16.9. The van der Waals surface area contributed by atoms with Crippen LogP contribution in [0.1, 0.15) is 126 Å². The van der Waals surface area contributed by atoms with Crippen molar-refractivity contribution in [2.24, 2.45) is 75.4 Å². The number of aliphatic hydroxyl groups excluding tert-OH is 3. The number of hydrogen-bond acceptors (Lipinski definition) is 3. The van der Waals surface area contributed by atoms with Crippen molar-refractivity contribution in [3.63, 3.8) is 0 Å². The zero-order valence-electron chi connectivity index (χ0n) is 26.1. The quantitative estimate of drug-likeness (QED) is 0.349. The molecule has 3 heteroatoms. The highest BCUT2D eigenvalue weighted by Gasteiger charge is 2.70. The number of hydrogen-bond donors (Lipinski definition) is 3. The topological polar surface area (TPSA) is 60.7 Å². The molecule has 5 aliphatic rings. The van der Waals surface area contributed by atoms with Crippen LogP contribution in [0.4, 0.5) is 0 Å². The summed E-state index contributed by atoms with van der Waals surface area (Å²) in [6, 6.07) is 0. The molecule has 0 spiro atoms. The van der Waals surface area contributed by atoms with Crippen molar-refractivity contribution in [3.8, 4) is 0 Å². The van der Waals surface area contributed by atoms with Crippen LogP contribution in [0.15, 0.2) is 0 Å². The molecule has 0 saturated heterocycles. The minimum Gasteiger partial charge on any atom is -0.393 e. The van der Waals surface area contributed by atoms with Crippen molar-refractivity contribution in [2.45, 2.75) is 144 Å². The molecule has 0 aliphatic heterocycles. The van der Waals surface area contributed by atoms with Crippen molar-refractivity contribution < 1.29 is 15.3 Å². The predicted molar refractivity (Wildman–Crippen MR) is 156 cm³/mol. The normalized spacial score (nSPS) is 57.9. The summed E-state index contributed by atoms with van der Waals surface area (Å²) in [7, 11) is 0. The van der Waals surface area contributed by atoms with Gasteiger partial charge >= 0.3 is 0 Å². The maximum atomic E-state index is 12.3. The van der Waals surface area contributed by atoms with Crippen LogP contribution in [-0.4, -0.2) is 33.6 Å². The molecular weight excluding hydrogens is 468 g/mol. The van der Waals surface area contributed by atoms with Crippen LogP contribution in [0.5, 0.6) is 0 Å². The van der Waals surface area contributed by atoms with Crippen molar-refractivity contribution >= 4 is 0 Å². The van der Waals surface area contributed by atoms with Gasteiger partial charge in [0.15, 0.2) is 0 Å². The molecule has 5 saturated carbocycles. The SMILES string of the molecule is CC1CCC(CCC2CCC(C)C3C(O)C4C(C)C5(C)C(O)C(C(C)O)C(C)CC5(C)CC4(C)CC23)CC1. The van der Waals surface area contributed by atoms with Crippen molar-refractivity contribution in [1.29, 1.82) is 0 Å². The first-order chi connectivity index (χ1) is 17.7. The van der Waals surface area contributed by atoms with E-state index < -0.39 is 12.2 Å². The van der Waals surface area contributed by atoms with Crippen molar-refractivity contribution in [3.05, 3.63) is 0 Å². The van der Waals surface area contributed by atoms with E-state index in [1.165, 1.54) is 57.8 Å². The lowest BCUT2D eigenvalue weighted by Gasteiger charge is -2.72. The third-order valence-electron chi connectivity index (χ3n) is 14.6. The molecule has 0 aromatic rings. The number of rotatable bonds is 4. The van der Waals surface area contributed by atoms with Gasteiger partial charge in [0, 0.05) is 11.3 Å². The fraction of sp³-hybridized carbons (Fsp3) is 1.00. The summed E-state index contributed by atoms with van der Waals surface area (Å²) in [6.45, 7) is 18.6. The Bertz CT molecular complexity index is 833. The van der Waals surface area contributed by atoms with Gasteiger partial charge in [-0.1, -0.05) is 87.0 Å². The highest BCUT2D eigenvalue weighted by molar-refractivity contribution is 5.18. The summed E-state index contributed by atoms with van der Waals surface area (Å²) in [5, 5.41) is 35.0. The Morgan fingerprint density at radius 1 is 0.816 bits per heavy atom. The van der Waals surface area contributed by atoms with Gasteiger partial charge in [-0.15, -0.1) is 0 Å². The van der Waals surface area contributed by atoms with Gasteiger partial charge in [-0.3, -0.25) is 0 Å². The molecular formula is C35H62O3. The van der Waals surface area contributed by atoms with E-state index in [0.29, 0.717) is 23.7 Å². The third-order valence-corrected chi connectivity index (χ3v) is 14.6. The number of fused-ring (bicyclic) bond motifs is 3. The van der Waals surface area contributed by atoms with E-state index in [4.69, 9.17) is 0 Å². The molecule has 0 aromatic heterocycles. The Labute approximate surface area is 235 Å². The molecule has 0 aromatic carbocycles. The van der Waals surface area contributed by atoms with E-state index in [-0.39, 0.29) is 40.1 Å². The van der Waals surface area contributed by atoms with E-state index >= 15 is 0 Å². The van der Waals surface area contributed by atoms with Crippen LogP contribution < -0.4 is 0 Å². The average molecular weight is 531 g/mol. The zero-order chi connectivity index (χ0) is 27.8. The standard InChI is InChI=1S/C35H62O3/c1-20-9-12-25(13-10-20)14-16-26-15-11-21(2)29-27(26)18-33(6)19-34(7)17-22(3)28(24(5)36)32(38)35(34,8)23(4)30(33)31(29)37/h20-32,36-38H,9-19H2,1-8H3. The Kier molecular flexibility index (Phi) is 7.97. The first-order valence-corrected chi connectivity index (χ1v) is 16.8. The summed E-state index contributed by atoms with van der Waals surface area (Å²) in [5.41, 5.74) is -0.168. The molecule has 38 heavy (non-hydrogen) atoms. The monoisotopic (exact) mass is 530 g/mol. The summed E-state index contributed by atoms with van der Waals surface area (Å²) in [6.07, 6.45) is 13.2. The molecule has 3 nitrogen and oxygen atoms in total. The molecule has 5 fully saturated rings. The summed E-state index contributed by atoms with van der Waals surface area (Å²) >= 11 is 0. The van der Waals surface area contributed by atoms with E-state index in [9.17, 15) is 15.3 Å². The fourth-order valence-electron chi connectivity index (χ4n) is 12.6. The predicted octanol–water partition coefficient (Wildman–Crippen LogP) is 7.71. The Hall–Kier alpha value is -0.120. The lowest BCUT2D eigenvalue weighted by molar-refractivity contribution is -0.279. The first kappa shape index (κ1) is 29.4. The summed E-state index contributed by atoms with van der Waals surface area (Å²) in [4.78, 5) is 0. The molecule has 220 valence electrons. The van der Waals surface area contributed by atoms with Gasteiger partial charge in [0.05, 0.1) is 18.3 Å². The van der Waals surface area contributed by atoms with Gasteiger partial charge in [0.2, 0.25) is 0 Å². The van der Waals surface area contributed by atoms with Crippen LogP contribution in [0.3, 0.4) is 0 Å². The van der Waals surface area contributed by atoms with Crippen LogP contribution in [0.25, 0.3) is 0 Å². The minimum absolute atomic E-state index is 0.0169. The summed E-state index contributed by atoms with van der Waals surface area (Å²) < 4.78 is 0. The smallest absolute Gasteiger partial charge is 0.0656 e. The van der Waals surface area contributed by atoms with Gasteiger partial charge in [-0.05, 0) is 103 Å². The van der Waals surface area contributed by atoms with Crippen LogP contribution in [0, 0.1) is 75.4 Å². The van der Waals surface area contributed by atoms with Crippen LogP contribution >= 0.6 is 0 Å². The van der Waals surface area contributed by atoms with Gasteiger partial charge < -0.3 is 15.3 Å². The fourth-order valence-corrected chi connectivity index (χ4v) is 12.6. The minimum atomic E-state index is -0.532. The maximum Gasteiger partial charge on any atom is 0.0656 e. The largest absolute Gasteiger partial charge is 0.393 e. The van der Waals surface area contributed by atoms with Gasteiger partial charge in [-0.25, -0.2) is 0 Å². The Morgan fingerprint density at radius 2 is 1.47 bits per heavy atom. The lowest BCUT2D eigenvalue weighted by atomic mass is 9.34. The molecule has 5 aliphatic carbocycles. The summed E-state index contributed by atoms with van der Waals surface area (Å²) in [5.74, 6) is 4.93. The second kappa shape index (κ2) is 10.3. The zero-order valence-corrected chi connectivity index (χ0v) is 26.1. The number of aliphatic hydroxyl groups is 3. The van der Waals surface area contributed by atoms with Crippen molar-refractivity contribution in [2.75, 3.05) is 0 Å². The highest BCUT2D eigenvalue weighted by Crippen LogP contribution is 2.73. The van der Waals surface area contributed by atoms with Gasteiger partial charge in [-0.2, -0.15) is 0 Å². The first-order valence-electron chi connectivity index (χ1n) is 16.8. The maximum absolute atomic E-state index is 12.3. The van der Waals surface area contributed by atoms with E-state index in [1.807, 2.05) is 6.92 Å². The molecule has 14 unspecified atom stereocenters. The van der Waals surface area contributed by atoms with Gasteiger partial charge in [0.1, 0.15) is 0 Å². The molecule has 0 bridgehead atoms. The molecule has 0 heterocycles. The average Bonchev–Trinajstić information content (AvgIpc) is 2.81. The van der Waals surface area contributed by atoms with E-state index in [0.717, 1.165) is 30.6 Å². The Balaban J connectivity index is 1.42. The molecule has 0 radical (unpaired) electrons. The van der Waals surface area contributed by atoms with Crippen molar-refractivity contribution in [1.82, 2.24) is 0 Å². The molecule has 5 rings (SSSR count). The van der Waals surface area contributed by atoms with E-state index in [2.05, 4.69) is 48.5 Å². The highest BCUT2D eigenvalue weighted by atomic mass is 16.3. The lowest BCUT2D eigenvalue weighted by Crippen LogP contribution is -2.70. The van der Waals surface area contributed by atoms with Crippen LogP contribution in [0.2, 0.25) is 0 Å². The van der Waals surface area contributed by atoms with Crippen LogP contribution in [-0.2, 0) is 0 Å². The van der Waals surface area contributed by atoms with E-state index in [1.54, 1.807) is 0 Å². The molecule has 0 amide bonds. The molecule has 14 atom stereocenters.